The fraction of sp³-hybridized carbons (Fsp3) is 0.138. The summed E-state index contributed by atoms with van der Waals surface area (Å²) in [5, 5.41) is 3.55. The van der Waals surface area contributed by atoms with Crippen LogP contribution in [0, 0.1) is 0 Å². The van der Waals surface area contributed by atoms with Crippen LogP contribution in [-0.2, 0) is 13.2 Å². The summed E-state index contributed by atoms with van der Waals surface area (Å²) in [6, 6.07) is 33.5. The molecule has 0 aliphatic carbocycles. The lowest BCUT2D eigenvalue weighted by molar-refractivity contribution is 0.0666. The van der Waals surface area contributed by atoms with Crippen molar-refractivity contribution in [2.24, 2.45) is 0 Å². The lowest BCUT2D eigenvalue weighted by Crippen LogP contribution is -2.42. The van der Waals surface area contributed by atoms with Crippen LogP contribution in [0.4, 0.5) is 5.69 Å². The Labute approximate surface area is 199 Å². The average Bonchev–Trinajstić information content (AvgIpc) is 2.90. The molecule has 4 aromatic rings. The van der Waals surface area contributed by atoms with Crippen molar-refractivity contribution >= 4 is 11.6 Å². The summed E-state index contributed by atoms with van der Waals surface area (Å²) in [6.07, 6.45) is -0.348. The van der Waals surface area contributed by atoms with Crippen LogP contribution in [0.2, 0.25) is 0 Å². The summed E-state index contributed by atoms with van der Waals surface area (Å²) in [6.45, 7) is 0.935. The van der Waals surface area contributed by atoms with Gasteiger partial charge >= 0.3 is 0 Å². The van der Waals surface area contributed by atoms with Crippen LogP contribution in [-0.4, -0.2) is 17.9 Å². The minimum Gasteiger partial charge on any atom is -0.493 e. The Balaban J connectivity index is 1.46. The van der Waals surface area contributed by atoms with Crippen molar-refractivity contribution in [3.63, 3.8) is 0 Å². The van der Waals surface area contributed by atoms with E-state index in [1.54, 1.807) is 7.11 Å². The van der Waals surface area contributed by atoms with Crippen molar-refractivity contribution in [1.82, 2.24) is 4.90 Å². The van der Waals surface area contributed by atoms with Crippen molar-refractivity contribution in [2.45, 2.75) is 19.3 Å². The van der Waals surface area contributed by atoms with Crippen LogP contribution >= 0.6 is 0 Å². The summed E-state index contributed by atoms with van der Waals surface area (Å²) in [4.78, 5) is 15.4. The highest BCUT2D eigenvalue weighted by molar-refractivity contribution is 6.01. The van der Waals surface area contributed by atoms with Crippen LogP contribution in [0.3, 0.4) is 0 Å². The van der Waals surface area contributed by atoms with E-state index in [2.05, 4.69) is 5.32 Å². The van der Waals surface area contributed by atoms with Gasteiger partial charge in [-0.2, -0.15) is 0 Å². The highest BCUT2D eigenvalue weighted by Gasteiger charge is 2.33. The van der Waals surface area contributed by atoms with E-state index in [1.807, 2.05) is 108 Å². The number of carbonyl (C=O) groups is 1. The molecule has 0 unspecified atom stereocenters. The van der Waals surface area contributed by atoms with Gasteiger partial charge in [-0.3, -0.25) is 4.79 Å². The molecule has 170 valence electrons. The monoisotopic (exact) mass is 450 g/mol. The van der Waals surface area contributed by atoms with E-state index in [9.17, 15) is 4.79 Å². The number of rotatable bonds is 7. The third-order valence-corrected chi connectivity index (χ3v) is 5.96. The molecule has 0 fully saturated rings. The zero-order valence-electron chi connectivity index (χ0n) is 19.0. The van der Waals surface area contributed by atoms with Gasteiger partial charge in [0.05, 0.1) is 12.7 Å². The molecule has 5 nitrogen and oxygen atoms in total. The van der Waals surface area contributed by atoms with Crippen LogP contribution in [0.1, 0.15) is 33.2 Å². The van der Waals surface area contributed by atoms with Gasteiger partial charge in [-0.15, -0.1) is 0 Å². The Morgan fingerprint density at radius 1 is 0.794 bits per heavy atom. The third kappa shape index (κ3) is 4.46. The largest absolute Gasteiger partial charge is 0.493 e. The second-order valence-electron chi connectivity index (χ2n) is 8.20. The van der Waals surface area contributed by atoms with Crippen molar-refractivity contribution in [2.75, 3.05) is 12.4 Å². The maximum Gasteiger partial charge on any atom is 0.258 e. The molecule has 0 bridgehead atoms. The predicted octanol–water partition coefficient (Wildman–Crippen LogP) is 6.04. The van der Waals surface area contributed by atoms with E-state index in [-0.39, 0.29) is 12.1 Å². The fourth-order valence-electron chi connectivity index (χ4n) is 4.21. The summed E-state index contributed by atoms with van der Waals surface area (Å²) >= 11 is 0. The van der Waals surface area contributed by atoms with Gasteiger partial charge in [0.25, 0.3) is 5.91 Å². The van der Waals surface area contributed by atoms with Crippen molar-refractivity contribution < 1.29 is 14.3 Å². The Morgan fingerprint density at radius 3 is 2.21 bits per heavy atom. The van der Waals surface area contributed by atoms with Crippen LogP contribution in [0.5, 0.6) is 11.5 Å². The Hall–Kier alpha value is -4.25. The summed E-state index contributed by atoms with van der Waals surface area (Å²) in [5.41, 5.74) is 4.56. The first-order valence-corrected chi connectivity index (χ1v) is 11.3. The molecule has 4 aromatic carbocycles. The maximum absolute atomic E-state index is 13.5. The number of fused-ring (bicyclic) bond motifs is 1. The molecule has 34 heavy (non-hydrogen) atoms. The predicted molar refractivity (Wildman–Crippen MR) is 133 cm³/mol. The normalized spacial score (nSPS) is 14.8. The standard InChI is InChI=1S/C29H26N2O3/c1-33-27-18-23(16-17-26(27)34-20-22-12-6-3-7-13-22)28-30-25-15-9-8-14-24(25)29(32)31(28)19-21-10-4-2-5-11-21/h2-18,28,30H,19-20H2,1H3/t28-/m1/s1. The SMILES string of the molecule is COc1cc([C@@H]2Nc3ccccc3C(=O)N2Cc2ccccc2)ccc1OCc1ccccc1. The second-order valence-corrected chi connectivity index (χ2v) is 8.20. The number of nitrogens with zero attached hydrogens (tertiary/aromatic N) is 1. The maximum atomic E-state index is 13.5. The third-order valence-electron chi connectivity index (χ3n) is 5.96. The molecule has 5 rings (SSSR count). The van der Waals surface area contributed by atoms with Crippen LogP contribution in [0.15, 0.2) is 103 Å². The van der Waals surface area contributed by atoms with E-state index in [4.69, 9.17) is 9.47 Å². The summed E-state index contributed by atoms with van der Waals surface area (Å²) < 4.78 is 11.7. The van der Waals surface area contributed by atoms with E-state index >= 15 is 0 Å². The second kappa shape index (κ2) is 9.71. The first-order chi connectivity index (χ1) is 16.7. The first-order valence-electron chi connectivity index (χ1n) is 11.3. The van der Waals surface area contributed by atoms with Gasteiger partial charge in [0.15, 0.2) is 11.5 Å². The number of hydrogen-bond donors (Lipinski definition) is 1. The van der Waals surface area contributed by atoms with Gasteiger partial charge in [0.1, 0.15) is 12.8 Å². The highest BCUT2D eigenvalue weighted by Crippen LogP contribution is 2.37. The summed E-state index contributed by atoms with van der Waals surface area (Å²) in [5.74, 6) is 1.28. The Kier molecular flexibility index (Phi) is 6.17. The summed E-state index contributed by atoms with van der Waals surface area (Å²) in [7, 11) is 1.63. The zero-order valence-corrected chi connectivity index (χ0v) is 19.0. The van der Waals surface area contributed by atoms with Crippen LogP contribution in [0.25, 0.3) is 0 Å². The van der Waals surface area contributed by atoms with Crippen molar-refractivity contribution in [3.05, 3.63) is 125 Å². The number of nitrogens with one attached hydrogen (secondary N) is 1. The Bertz CT molecular complexity index is 1280. The zero-order chi connectivity index (χ0) is 23.3. The van der Waals surface area contributed by atoms with Gasteiger partial charge < -0.3 is 19.7 Å². The molecule has 1 aliphatic rings. The van der Waals surface area contributed by atoms with E-state index < -0.39 is 0 Å². The molecule has 1 atom stereocenters. The smallest absolute Gasteiger partial charge is 0.258 e. The molecular weight excluding hydrogens is 424 g/mol. The molecule has 1 heterocycles. The minimum atomic E-state index is -0.348. The fourth-order valence-corrected chi connectivity index (χ4v) is 4.21. The van der Waals surface area contributed by atoms with E-state index in [1.165, 1.54) is 0 Å². The lowest BCUT2D eigenvalue weighted by atomic mass is 10.0. The lowest BCUT2D eigenvalue weighted by Gasteiger charge is -2.38. The quantitative estimate of drug-likeness (QED) is 0.373. The first kappa shape index (κ1) is 21.6. The number of para-hydroxylation sites is 1. The molecule has 5 heteroatoms. The van der Waals surface area contributed by atoms with Gasteiger partial charge in [-0.05, 0) is 41.0 Å². The molecular formula is C29H26N2O3. The van der Waals surface area contributed by atoms with E-state index in [0.717, 1.165) is 22.4 Å². The van der Waals surface area contributed by atoms with E-state index in [0.29, 0.717) is 30.2 Å². The number of methoxy groups -OCH3 is 1. The van der Waals surface area contributed by atoms with Gasteiger partial charge in [-0.25, -0.2) is 0 Å². The number of ether oxygens (including phenoxy) is 2. The minimum absolute atomic E-state index is 0.00780. The Morgan fingerprint density at radius 2 is 1.47 bits per heavy atom. The van der Waals surface area contributed by atoms with Gasteiger partial charge in [-0.1, -0.05) is 78.9 Å². The highest BCUT2D eigenvalue weighted by atomic mass is 16.5. The molecule has 0 saturated carbocycles. The topological polar surface area (TPSA) is 50.8 Å². The molecule has 0 radical (unpaired) electrons. The van der Waals surface area contributed by atoms with Gasteiger partial charge in [0.2, 0.25) is 0 Å². The number of amides is 1. The molecule has 1 aliphatic heterocycles. The number of benzene rings is 4. The molecule has 0 saturated heterocycles. The molecule has 1 amide bonds. The average molecular weight is 451 g/mol. The van der Waals surface area contributed by atoms with Crippen LogP contribution < -0.4 is 14.8 Å². The number of anilines is 1. The number of carbonyl (C=O) groups excluding carboxylic acids is 1. The van der Waals surface area contributed by atoms with Crippen molar-refractivity contribution in [1.29, 1.82) is 0 Å². The molecule has 0 spiro atoms. The molecule has 1 N–H and O–H groups in total. The van der Waals surface area contributed by atoms with Crippen molar-refractivity contribution in [3.8, 4) is 11.5 Å². The van der Waals surface area contributed by atoms with Gasteiger partial charge in [0, 0.05) is 12.2 Å². The molecule has 0 aromatic heterocycles. The number of hydrogen-bond acceptors (Lipinski definition) is 4.